The lowest BCUT2D eigenvalue weighted by Gasteiger charge is -2.13. The maximum Gasteiger partial charge on any atom is 0.218 e. The van der Waals surface area contributed by atoms with Gasteiger partial charge in [0, 0.05) is 41.2 Å². The van der Waals surface area contributed by atoms with Gasteiger partial charge in [-0.2, -0.15) is 5.26 Å². The van der Waals surface area contributed by atoms with Crippen molar-refractivity contribution in [2.75, 3.05) is 0 Å². The number of terminal acetylenes is 1. The van der Waals surface area contributed by atoms with E-state index in [4.69, 9.17) is 6.42 Å². The van der Waals surface area contributed by atoms with E-state index < -0.39 is 6.04 Å². The molecule has 0 spiro atoms. The molecule has 1 atom stereocenters. The van der Waals surface area contributed by atoms with Crippen molar-refractivity contribution in [1.82, 2.24) is 10.3 Å². The Hall–Kier alpha value is -2.85. The smallest absolute Gasteiger partial charge is 0.218 e. The third-order valence-corrected chi connectivity index (χ3v) is 2.76. The fraction of sp³-hybridized carbons (Fsp3) is 0.133. The Morgan fingerprint density at radius 1 is 1.47 bits per heavy atom. The molecule has 0 aliphatic rings. The van der Waals surface area contributed by atoms with E-state index in [9.17, 15) is 10.1 Å². The van der Waals surface area contributed by atoms with E-state index in [2.05, 4.69) is 22.3 Å². The van der Waals surface area contributed by atoms with Crippen LogP contribution in [0.25, 0.3) is 10.8 Å². The Labute approximate surface area is 111 Å². The predicted octanol–water partition coefficient (Wildman–Crippen LogP) is 1.92. The maximum absolute atomic E-state index is 11.2. The van der Waals surface area contributed by atoms with Crippen LogP contribution in [-0.4, -0.2) is 10.9 Å². The molecule has 19 heavy (non-hydrogen) atoms. The van der Waals surface area contributed by atoms with E-state index in [-0.39, 0.29) is 5.91 Å². The minimum Gasteiger partial charge on any atom is -0.337 e. The first-order chi connectivity index (χ1) is 9.17. The van der Waals surface area contributed by atoms with Crippen LogP contribution in [0.15, 0.2) is 30.6 Å². The number of aromatic nitrogens is 1. The molecule has 2 aromatic rings. The van der Waals surface area contributed by atoms with Gasteiger partial charge in [0.1, 0.15) is 6.04 Å². The molecule has 1 aromatic heterocycles. The van der Waals surface area contributed by atoms with Gasteiger partial charge in [-0.15, -0.1) is 6.42 Å². The van der Waals surface area contributed by atoms with Crippen LogP contribution in [0.2, 0.25) is 0 Å². The largest absolute Gasteiger partial charge is 0.337 e. The second kappa shape index (κ2) is 5.20. The number of nitrogens with zero attached hydrogens (tertiary/aromatic N) is 2. The molecule has 1 unspecified atom stereocenters. The first-order valence-corrected chi connectivity index (χ1v) is 5.67. The van der Waals surface area contributed by atoms with Crippen molar-refractivity contribution in [2.45, 2.75) is 13.0 Å². The van der Waals surface area contributed by atoms with Crippen molar-refractivity contribution in [3.63, 3.8) is 0 Å². The molecule has 2 rings (SSSR count). The molecule has 0 saturated carbocycles. The molecular weight excluding hydrogens is 238 g/mol. The zero-order chi connectivity index (χ0) is 13.8. The Kier molecular flexibility index (Phi) is 3.45. The molecule has 0 saturated heterocycles. The topological polar surface area (TPSA) is 65.8 Å². The van der Waals surface area contributed by atoms with Gasteiger partial charge < -0.3 is 5.32 Å². The number of rotatable bonds is 2. The van der Waals surface area contributed by atoms with Crippen molar-refractivity contribution in [2.24, 2.45) is 0 Å². The number of carbonyl (C=O) groups excluding carboxylic acids is 1. The Bertz CT molecular complexity index is 717. The van der Waals surface area contributed by atoms with Crippen molar-refractivity contribution in [3.05, 3.63) is 41.7 Å². The van der Waals surface area contributed by atoms with Crippen LogP contribution in [0.5, 0.6) is 0 Å². The summed E-state index contributed by atoms with van der Waals surface area (Å²) in [4.78, 5) is 15.2. The Morgan fingerprint density at radius 3 is 2.89 bits per heavy atom. The monoisotopic (exact) mass is 249 g/mol. The average molecular weight is 249 g/mol. The normalized spacial score (nSPS) is 11.3. The van der Waals surface area contributed by atoms with Gasteiger partial charge in [0.05, 0.1) is 6.07 Å². The number of amides is 1. The van der Waals surface area contributed by atoms with Crippen LogP contribution in [0.4, 0.5) is 0 Å². The second-order valence-electron chi connectivity index (χ2n) is 4.04. The van der Waals surface area contributed by atoms with E-state index in [0.717, 1.165) is 10.8 Å². The summed E-state index contributed by atoms with van der Waals surface area (Å²) in [6.07, 6.45) is 8.73. The molecule has 1 N–H and O–H groups in total. The van der Waals surface area contributed by atoms with Crippen molar-refractivity contribution >= 4 is 16.7 Å². The molecule has 4 heteroatoms. The molecule has 1 heterocycles. The summed E-state index contributed by atoms with van der Waals surface area (Å²) in [5, 5.41) is 13.4. The van der Waals surface area contributed by atoms with Crippen molar-refractivity contribution < 1.29 is 4.79 Å². The number of carbonyl (C=O) groups is 1. The van der Waals surface area contributed by atoms with Gasteiger partial charge in [-0.1, -0.05) is 18.1 Å². The number of nitriles is 1. The highest BCUT2D eigenvalue weighted by atomic mass is 16.1. The van der Waals surface area contributed by atoms with E-state index in [0.29, 0.717) is 11.1 Å². The lowest BCUT2D eigenvalue weighted by Crippen LogP contribution is -2.25. The zero-order valence-electron chi connectivity index (χ0n) is 10.3. The lowest BCUT2D eigenvalue weighted by atomic mass is 9.98. The van der Waals surface area contributed by atoms with Gasteiger partial charge in [-0.3, -0.25) is 9.78 Å². The van der Waals surface area contributed by atoms with Crippen LogP contribution >= 0.6 is 0 Å². The Balaban J connectivity index is 2.70. The van der Waals surface area contributed by atoms with Gasteiger partial charge >= 0.3 is 0 Å². The maximum atomic E-state index is 11.2. The summed E-state index contributed by atoms with van der Waals surface area (Å²) in [6.45, 7) is 1.37. The molecule has 92 valence electrons. The molecule has 0 aliphatic carbocycles. The summed E-state index contributed by atoms with van der Waals surface area (Å²) < 4.78 is 0. The number of pyridine rings is 1. The zero-order valence-corrected chi connectivity index (χ0v) is 10.3. The summed E-state index contributed by atoms with van der Waals surface area (Å²) >= 11 is 0. The van der Waals surface area contributed by atoms with Crippen molar-refractivity contribution in [3.8, 4) is 18.4 Å². The predicted molar refractivity (Wildman–Crippen MR) is 71.8 cm³/mol. The fourth-order valence-corrected chi connectivity index (χ4v) is 1.98. The van der Waals surface area contributed by atoms with E-state index in [1.165, 1.54) is 6.92 Å². The quantitative estimate of drug-likeness (QED) is 0.827. The van der Waals surface area contributed by atoms with Gasteiger partial charge in [-0.05, 0) is 6.07 Å². The number of hydrogen-bond donors (Lipinski definition) is 1. The highest BCUT2D eigenvalue weighted by Crippen LogP contribution is 2.26. The lowest BCUT2D eigenvalue weighted by molar-refractivity contribution is -0.119. The molecule has 0 radical (unpaired) electrons. The number of hydrogen-bond acceptors (Lipinski definition) is 3. The third kappa shape index (κ3) is 2.38. The number of benzene rings is 1. The summed E-state index contributed by atoms with van der Waals surface area (Å²) in [6, 6.07) is 6.80. The van der Waals surface area contributed by atoms with Gasteiger partial charge in [-0.25, -0.2) is 0 Å². The number of fused-ring (bicyclic) bond motifs is 1. The first-order valence-electron chi connectivity index (χ1n) is 5.67. The van der Waals surface area contributed by atoms with Gasteiger partial charge in [0.2, 0.25) is 5.91 Å². The fourth-order valence-electron chi connectivity index (χ4n) is 1.98. The SMILES string of the molecule is C#Cc1cccc2cncc(C(C#N)NC(C)=O)c12. The van der Waals surface area contributed by atoms with E-state index in [1.54, 1.807) is 18.5 Å². The first kappa shape index (κ1) is 12.6. The molecule has 0 aliphatic heterocycles. The minimum atomic E-state index is -0.761. The van der Waals surface area contributed by atoms with Crippen molar-refractivity contribution in [1.29, 1.82) is 5.26 Å². The second-order valence-corrected chi connectivity index (χ2v) is 4.04. The summed E-state index contributed by atoms with van der Waals surface area (Å²) in [5.41, 5.74) is 1.30. The average Bonchev–Trinajstić information content (AvgIpc) is 2.43. The van der Waals surface area contributed by atoms with Gasteiger partial charge in [0.15, 0.2) is 0 Å². The standard InChI is InChI=1S/C15H11N3O/c1-3-11-5-4-6-12-8-17-9-13(15(11)12)14(7-16)18-10(2)19/h1,4-6,8-9,14H,2H3,(H,18,19). The highest BCUT2D eigenvalue weighted by molar-refractivity contribution is 5.91. The molecule has 1 aromatic carbocycles. The number of nitrogens with one attached hydrogen (secondary N) is 1. The van der Waals surface area contributed by atoms with Crippen LogP contribution in [-0.2, 0) is 4.79 Å². The molecule has 0 bridgehead atoms. The summed E-state index contributed by atoms with van der Waals surface area (Å²) in [5.74, 6) is 2.32. The van der Waals surface area contributed by atoms with Crippen LogP contribution in [0.1, 0.15) is 24.1 Å². The molecular formula is C15H11N3O. The highest BCUT2D eigenvalue weighted by Gasteiger charge is 2.16. The van der Waals surface area contributed by atoms with Gasteiger partial charge in [0.25, 0.3) is 0 Å². The molecule has 4 nitrogen and oxygen atoms in total. The molecule has 1 amide bonds. The van der Waals surface area contributed by atoms with E-state index >= 15 is 0 Å². The van der Waals surface area contributed by atoms with Crippen LogP contribution in [0, 0.1) is 23.7 Å². The summed E-state index contributed by atoms with van der Waals surface area (Å²) in [7, 11) is 0. The minimum absolute atomic E-state index is 0.276. The molecule has 0 fully saturated rings. The van der Waals surface area contributed by atoms with Crippen LogP contribution < -0.4 is 5.32 Å². The van der Waals surface area contributed by atoms with E-state index in [1.807, 2.05) is 12.1 Å². The third-order valence-electron chi connectivity index (χ3n) is 2.76. The van der Waals surface area contributed by atoms with Crippen LogP contribution in [0.3, 0.4) is 0 Å². The Morgan fingerprint density at radius 2 is 2.26 bits per heavy atom.